The first-order valence-corrected chi connectivity index (χ1v) is 13.6. The zero-order valence-corrected chi connectivity index (χ0v) is 23.7. The lowest BCUT2D eigenvalue weighted by atomic mass is 9.90. The molecule has 194 valence electrons. The van der Waals surface area contributed by atoms with E-state index in [-0.39, 0.29) is 12.2 Å². The Hall–Kier alpha value is -3.69. The van der Waals surface area contributed by atoms with Crippen molar-refractivity contribution in [1.82, 2.24) is 4.57 Å². The van der Waals surface area contributed by atoms with Crippen LogP contribution >= 0.6 is 27.3 Å². The van der Waals surface area contributed by atoms with E-state index in [2.05, 4.69) is 20.9 Å². The number of esters is 1. The summed E-state index contributed by atoms with van der Waals surface area (Å²) in [5.74, 6) is 0.680. The van der Waals surface area contributed by atoms with Crippen LogP contribution in [0.3, 0.4) is 0 Å². The number of carbonyl (C=O) groups is 1. The molecule has 1 aliphatic rings. The van der Waals surface area contributed by atoms with E-state index < -0.39 is 12.0 Å². The monoisotopic (exact) mass is 592 g/mol. The fourth-order valence-electron chi connectivity index (χ4n) is 4.76. The van der Waals surface area contributed by atoms with E-state index in [0.717, 1.165) is 20.8 Å². The number of thiazole rings is 1. The van der Waals surface area contributed by atoms with E-state index in [1.807, 2.05) is 54.6 Å². The Morgan fingerprint density at radius 1 is 1.11 bits per heavy atom. The molecule has 7 nitrogen and oxygen atoms in total. The van der Waals surface area contributed by atoms with Gasteiger partial charge in [-0.05, 0) is 55.0 Å². The molecule has 0 spiro atoms. The first-order valence-electron chi connectivity index (χ1n) is 12.0. The van der Waals surface area contributed by atoms with Gasteiger partial charge in [0.2, 0.25) is 0 Å². The molecule has 0 amide bonds. The van der Waals surface area contributed by atoms with E-state index in [1.54, 1.807) is 38.7 Å². The first kappa shape index (κ1) is 25.9. The van der Waals surface area contributed by atoms with E-state index in [4.69, 9.17) is 14.2 Å². The van der Waals surface area contributed by atoms with Crippen LogP contribution in [0.25, 0.3) is 16.8 Å². The number of nitrogens with zero attached hydrogens (tertiary/aromatic N) is 2. The van der Waals surface area contributed by atoms with Gasteiger partial charge in [0.15, 0.2) is 4.80 Å². The maximum Gasteiger partial charge on any atom is 0.338 e. The van der Waals surface area contributed by atoms with E-state index in [9.17, 15) is 9.59 Å². The number of carbonyl (C=O) groups excluding carboxylic acids is 1. The van der Waals surface area contributed by atoms with Gasteiger partial charge < -0.3 is 14.2 Å². The van der Waals surface area contributed by atoms with Crippen molar-refractivity contribution in [1.29, 1.82) is 0 Å². The average molecular weight is 593 g/mol. The molecular weight excluding hydrogens is 568 g/mol. The normalized spacial score (nSPS) is 15.3. The van der Waals surface area contributed by atoms with Crippen molar-refractivity contribution in [2.24, 2.45) is 4.99 Å². The molecule has 0 bridgehead atoms. The Bertz CT molecular complexity index is 1790. The minimum absolute atomic E-state index is 0.197. The van der Waals surface area contributed by atoms with Crippen LogP contribution in [0.1, 0.15) is 31.0 Å². The van der Waals surface area contributed by atoms with Gasteiger partial charge in [-0.15, -0.1) is 0 Å². The van der Waals surface area contributed by atoms with Crippen LogP contribution in [0.4, 0.5) is 0 Å². The first-order chi connectivity index (χ1) is 18.4. The van der Waals surface area contributed by atoms with Crippen molar-refractivity contribution in [3.63, 3.8) is 0 Å². The van der Waals surface area contributed by atoms with Gasteiger partial charge in [0.05, 0.1) is 36.6 Å². The molecule has 2 heterocycles. The number of aromatic nitrogens is 1. The van der Waals surface area contributed by atoms with Gasteiger partial charge in [0, 0.05) is 15.6 Å². The second-order valence-electron chi connectivity index (χ2n) is 8.59. The molecule has 1 aromatic heterocycles. The zero-order valence-electron chi connectivity index (χ0n) is 21.3. The van der Waals surface area contributed by atoms with Crippen LogP contribution in [-0.4, -0.2) is 31.4 Å². The van der Waals surface area contributed by atoms with Gasteiger partial charge in [-0.3, -0.25) is 9.36 Å². The maximum absolute atomic E-state index is 14.1. The number of hydrogen-bond acceptors (Lipinski definition) is 7. The molecule has 5 rings (SSSR count). The van der Waals surface area contributed by atoms with Crippen LogP contribution in [-0.2, 0) is 9.53 Å². The van der Waals surface area contributed by atoms with E-state index in [1.165, 1.54) is 11.3 Å². The van der Waals surface area contributed by atoms with Crippen LogP contribution in [0.2, 0.25) is 0 Å². The smallest absolute Gasteiger partial charge is 0.338 e. The molecule has 0 aliphatic carbocycles. The van der Waals surface area contributed by atoms with Crippen LogP contribution in [0, 0.1) is 0 Å². The lowest BCUT2D eigenvalue weighted by Gasteiger charge is -2.27. The van der Waals surface area contributed by atoms with Gasteiger partial charge in [-0.2, -0.15) is 0 Å². The van der Waals surface area contributed by atoms with Gasteiger partial charge in [0.1, 0.15) is 17.5 Å². The summed E-state index contributed by atoms with van der Waals surface area (Å²) in [6, 6.07) is 16.4. The predicted octanol–water partition coefficient (Wildman–Crippen LogP) is 4.73. The largest absolute Gasteiger partial charge is 0.496 e. The molecule has 9 heteroatoms. The molecule has 0 saturated heterocycles. The second-order valence-corrected chi connectivity index (χ2v) is 10.5. The summed E-state index contributed by atoms with van der Waals surface area (Å²) in [4.78, 5) is 32.6. The Morgan fingerprint density at radius 2 is 1.84 bits per heavy atom. The Kier molecular flexibility index (Phi) is 7.23. The quantitative estimate of drug-likeness (QED) is 0.302. The fourth-order valence-corrected chi connectivity index (χ4v) is 6.18. The molecule has 38 heavy (non-hydrogen) atoms. The average Bonchev–Trinajstić information content (AvgIpc) is 3.21. The summed E-state index contributed by atoms with van der Waals surface area (Å²) in [6.07, 6.45) is 1.79. The third-order valence-corrected chi connectivity index (χ3v) is 7.90. The molecule has 1 atom stereocenters. The number of rotatable bonds is 6. The topological polar surface area (TPSA) is 79.1 Å². The standard InChI is InChI=1S/C29H25BrN2O5S/c1-5-37-28(34)24-16(2)31-29-32(26(24)25-20-9-7-6-8-17(20)10-12-22(25)36-4)27(33)23(38-29)15-18-14-19(30)11-13-21(18)35-3/h6-15,26H,5H2,1-4H3/b23-15+/t26-/m0/s1. The summed E-state index contributed by atoms with van der Waals surface area (Å²) in [5, 5.41) is 1.83. The number of ether oxygens (including phenoxy) is 3. The Morgan fingerprint density at radius 3 is 2.58 bits per heavy atom. The number of benzene rings is 3. The minimum atomic E-state index is -0.794. The van der Waals surface area contributed by atoms with Gasteiger partial charge in [-0.25, -0.2) is 9.79 Å². The molecule has 0 N–H and O–H groups in total. The highest BCUT2D eigenvalue weighted by Crippen LogP contribution is 2.40. The molecule has 0 unspecified atom stereocenters. The summed E-state index contributed by atoms with van der Waals surface area (Å²) in [6.45, 7) is 3.72. The number of hydrogen-bond donors (Lipinski definition) is 0. The van der Waals surface area contributed by atoms with Crippen molar-refractivity contribution in [3.05, 3.63) is 101 Å². The van der Waals surface area contributed by atoms with Crippen LogP contribution < -0.4 is 24.4 Å². The van der Waals surface area contributed by atoms with E-state index >= 15 is 0 Å². The summed E-state index contributed by atoms with van der Waals surface area (Å²) >= 11 is 4.75. The van der Waals surface area contributed by atoms with E-state index in [0.29, 0.717) is 37.7 Å². The second kappa shape index (κ2) is 10.6. The number of methoxy groups -OCH3 is 2. The van der Waals surface area contributed by atoms with Crippen molar-refractivity contribution >= 4 is 50.1 Å². The molecule has 0 radical (unpaired) electrons. The van der Waals surface area contributed by atoms with Crippen LogP contribution in [0.15, 0.2) is 80.1 Å². The minimum Gasteiger partial charge on any atom is -0.496 e. The van der Waals surface area contributed by atoms with Crippen molar-refractivity contribution in [2.45, 2.75) is 19.9 Å². The van der Waals surface area contributed by atoms with Gasteiger partial charge in [-0.1, -0.05) is 57.6 Å². The third-order valence-electron chi connectivity index (χ3n) is 6.42. The lowest BCUT2D eigenvalue weighted by Crippen LogP contribution is -2.40. The summed E-state index contributed by atoms with van der Waals surface area (Å²) < 4.78 is 19.6. The van der Waals surface area contributed by atoms with Crippen LogP contribution in [0.5, 0.6) is 11.5 Å². The summed E-state index contributed by atoms with van der Waals surface area (Å²) in [5.41, 5.74) is 1.98. The lowest BCUT2D eigenvalue weighted by molar-refractivity contribution is -0.139. The van der Waals surface area contributed by atoms with Gasteiger partial charge in [0.25, 0.3) is 5.56 Å². The number of allylic oxidation sites excluding steroid dienone is 1. The highest BCUT2D eigenvalue weighted by molar-refractivity contribution is 9.10. The van der Waals surface area contributed by atoms with Crippen molar-refractivity contribution in [3.8, 4) is 11.5 Å². The molecule has 0 fully saturated rings. The molecule has 4 aromatic rings. The predicted molar refractivity (Wildman–Crippen MR) is 152 cm³/mol. The number of halogens is 1. The Balaban J connectivity index is 1.86. The molecule has 1 aliphatic heterocycles. The fraction of sp³-hybridized carbons (Fsp3) is 0.207. The van der Waals surface area contributed by atoms with Gasteiger partial charge >= 0.3 is 5.97 Å². The van der Waals surface area contributed by atoms with Crippen molar-refractivity contribution < 1.29 is 19.0 Å². The Labute approximate surface area is 231 Å². The SMILES string of the molecule is CCOC(=O)C1=C(C)N=c2s/c(=C/c3cc(Br)ccc3OC)c(=O)n2[C@@H]1c1c(OC)ccc2ccccc12. The molecular formula is C29H25BrN2O5S. The van der Waals surface area contributed by atoms with Crippen molar-refractivity contribution in [2.75, 3.05) is 20.8 Å². The highest BCUT2D eigenvalue weighted by atomic mass is 79.9. The summed E-state index contributed by atoms with van der Waals surface area (Å²) in [7, 11) is 3.17. The number of fused-ring (bicyclic) bond motifs is 2. The highest BCUT2D eigenvalue weighted by Gasteiger charge is 2.36. The molecule has 3 aromatic carbocycles. The molecule has 0 saturated carbocycles. The maximum atomic E-state index is 14.1. The zero-order chi connectivity index (χ0) is 27.0. The third kappa shape index (κ3) is 4.46.